The molecule has 1 amide bonds. The highest BCUT2D eigenvalue weighted by Gasteiger charge is 2.24. The van der Waals surface area contributed by atoms with E-state index in [2.05, 4.69) is 30.4 Å². The van der Waals surface area contributed by atoms with Crippen LogP contribution in [0.1, 0.15) is 39.5 Å². The summed E-state index contributed by atoms with van der Waals surface area (Å²) in [4.78, 5) is 12.6. The van der Waals surface area contributed by atoms with Gasteiger partial charge < -0.3 is 10.4 Å². The molecule has 6 nitrogen and oxygen atoms in total. The zero-order chi connectivity index (χ0) is 19.6. The van der Waals surface area contributed by atoms with Gasteiger partial charge in [0.05, 0.1) is 31.1 Å². The predicted molar refractivity (Wildman–Crippen MR) is 105 cm³/mol. The Morgan fingerprint density at radius 2 is 1.93 bits per heavy atom. The van der Waals surface area contributed by atoms with Crippen LogP contribution in [-0.4, -0.2) is 38.8 Å². The summed E-state index contributed by atoms with van der Waals surface area (Å²) < 4.78 is 24.8. The Morgan fingerprint density at radius 1 is 1.22 bits per heavy atom. The van der Waals surface area contributed by atoms with E-state index in [4.69, 9.17) is 5.11 Å². The van der Waals surface area contributed by atoms with Crippen molar-refractivity contribution in [3.05, 3.63) is 64.7 Å². The van der Waals surface area contributed by atoms with Crippen molar-refractivity contribution in [2.45, 2.75) is 25.8 Å². The standard InChI is InChI=1S/C20H24N2O4S/c1-14-3-9-18-16(13-14)6-10-19(18)21-20(24)15-4-7-17(8-5-15)22(11-12-23)27(2,25)26/h3-5,7-9,13,19,23H,6,10-12H2,1-2H3,(H,21,24)/t19-/m1/s1. The van der Waals surface area contributed by atoms with Crippen molar-refractivity contribution >= 4 is 21.6 Å². The summed E-state index contributed by atoms with van der Waals surface area (Å²) in [7, 11) is -3.50. The number of carbonyl (C=O) groups excluding carboxylic acids is 1. The Morgan fingerprint density at radius 3 is 2.56 bits per heavy atom. The van der Waals surface area contributed by atoms with E-state index in [1.807, 2.05) is 0 Å². The predicted octanol–water partition coefficient (Wildman–Crippen LogP) is 2.17. The van der Waals surface area contributed by atoms with Crippen LogP contribution in [0.3, 0.4) is 0 Å². The van der Waals surface area contributed by atoms with E-state index in [9.17, 15) is 13.2 Å². The van der Waals surface area contributed by atoms with Crippen LogP contribution in [-0.2, 0) is 16.4 Å². The third-order valence-corrected chi connectivity index (χ3v) is 6.00. The molecule has 0 saturated carbocycles. The molecule has 2 aromatic rings. The summed E-state index contributed by atoms with van der Waals surface area (Å²) in [6, 6.07) is 12.7. The number of amides is 1. The average molecular weight is 388 g/mol. The fourth-order valence-electron chi connectivity index (χ4n) is 3.49. The van der Waals surface area contributed by atoms with E-state index in [-0.39, 0.29) is 25.1 Å². The van der Waals surface area contributed by atoms with E-state index in [1.165, 1.54) is 11.1 Å². The number of anilines is 1. The minimum Gasteiger partial charge on any atom is -0.394 e. The molecule has 7 heteroatoms. The van der Waals surface area contributed by atoms with Crippen LogP contribution in [0.4, 0.5) is 5.69 Å². The molecule has 2 N–H and O–H groups in total. The minimum absolute atomic E-state index is 0.00492. The number of aliphatic hydroxyl groups is 1. The van der Waals surface area contributed by atoms with E-state index in [1.54, 1.807) is 24.3 Å². The van der Waals surface area contributed by atoms with Crippen molar-refractivity contribution < 1.29 is 18.3 Å². The van der Waals surface area contributed by atoms with Crippen molar-refractivity contribution in [2.24, 2.45) is 0 Å². The Labute approximate surface area is 159 Å². The van der Waals surface area contributed by atoms with Gasteiger partial charge in [-0.25, -0.2) is 8.42 Å². The second-order valence-corrected chi connectivity index (χ2v) is 8.78. The number of benzene rings is 2. The van der Waals surface area contributed by atoms with E-state index in [0.717, 1.165) is 29.0 Å². The molecule has 0 heterocycles. The van der Waals surface area contributed by atoms with Gasteiger partial charge in [-0.15, -0.1) is 0 Å². The van der Waals surface area contributed by atoms with Gasteiger partial charge in [0.15, 0.2) is 0 Å². The molecule has 0 radical (unpaired) electrons. The van der Waals surface area contributed by atoms with Gasteiger partial charge in [-0.05, 0) is 55.2 Å². The average Bonchev–Trinajstić information content (AvgIpc) is 3.00. The molecule has 1 aliphatic rings. The number of nitrogens with zero attached hydrogens (tertiary/aromatic N) is 1. The molecule has 0 unspecified atom stereocenters. The number of sulfonamides is 1. The smallest absolute Gasteiger partial charge is 0.251 e. The molecule has 0 bridgehead atoms. The second kappa shape index (κ2) is 7.70. The van der Waals surface area contributed by atoms with E-state index in [0.29, 0.717) is 11.3 Å². The number of rotatable bonds is 6. The maximum Gasteiger partial charge on any atom is 0.251 e. The molecule has 0 saturated heterocycles. The molecular formula is C20H24N2O4S. The van der Waals surface area contributed by atoms with Crippen LogP contribution in [0.15, 0.2) is 42.5 Å². The molecule has 0 aromatic heterocycles. The highest BCUT2D eigenvalue weighted by molar-refractivity contribution is 7.92. The number of carbonyl (C=O) groups is 1. The number of nitrogens with one attached hydrogen (secondary N) is 1. The normalized spacial score (nSPS) is 16.0. The first-order chi connectivity index (χ1) is 12.8. The maximum absolute atomic E-state index is 12.6. The highest BCUT2D eigenvalue weighted by atomic mass is 32.2. The summed E-state index contributed by atoms with van der Waals surface area (Å²) >= 11 is 0. The van der Waals surface area contributed by atoms with Gasteiger partial charge in [0.2, 0.25) is 10.0 Å². The molecule has 144 valence electrons. The topological polar surface area (TPSA) is 86.7 Å². The number of hydrogen-bond donors (Lipinski definition) is 2. The van der Waals surface area contributed by atoms with Crippen LogP contribution in [0.25, 0.3) is 0 Å². The molecule has 3 rings (SSSR count). The first-order valence-corrected chi connectivity index (χ1v) is 10.7. The molecule has 1 aliphatic carbocycles. The van der Waals surface area contributed by atoms with Crippen LogP contribution < -0.4 is 9.62 Å². The van der Waals surface area contributed by atoms with Crippen molar-refractivity contribution in [1.82, 2.24) is 5.32 Å². The summed E-state index contributed by atoms with van der Waals surface area (Å²) in [6.07, 6.45) is 2.91. The molecule has 27 heavy (non-hydrogen) atoms. The van der Waals surface area contributed by atoms with Gasteiger partial charge in [-0.1, -0.05) is 23.8 Å². The quantitative estimate of drug-likeness (QED) is 0.794. The molecule has 0 spiro atoms. The Hall–Kier alpha value is -2.38. The van der Waals surface area contributed by atoms with Crippen LogP contribution >= 0.6 is 0 Å². The fraction of sp³-hybridized carbons (Fsp3) is 0.350. The zero-order valence-electron chi connectivity index (χ0n) is 15.5. The van der Waals surface area contributed by atoms with E-state index >= 15 is 0 Å². The molecular weight excluding hydrogens is 364 g/mol. The monoisotopic (exact) mass is 388 g/mol. The van der Waals surface area contributed by atoms with Crippen molar-refractivity contribution in [1.29, 1.82) is 0 Å². The first kappa shape index (κ1) is 19.4. The van der Waals surface area contributed by atoms with Gasteiger partial charge in [-0.3, -0.25) is 9.10 Å². The van der Waals surface area contributed by atoms with Crippen molar-refractivity contribution in [3.8, 4) is 0 Å². The summed E-state index contributed by atoms with van der Waals surface area (Å²) in [5.41, 5.74) is 4.55. The summed E-state index contributed by atoms with van der Waals surface area (Å²) in [6.45, 7) is 1.75. The SMILES string of the molecule is Cc1ccc2c(c1)CC[C@H]2NC(=O)c1ccc(N(CCO)S(C)(=O)=O)cc1. The lowest BCUT2D eigenvalue weighted by molar-refractivity contribution is 0.0936. The van der Waals surface area contributed by atoms with Gasteiger partial charge in [0.1, 0.15) is 0 Å². The van der Waals surface area contributed by atoms with E-state index < -0.39 is 10.0 Å². The second-order valence-electron chi connectivity index (χ2n) is 6.87. The first-order valence-electron chi connectivity index (χ1n) is 8.88. The largest absolute Gasteiger partial charge is 0.394 e. The maximum atomic E-state index is 12.6. The Kier molecular flexibility index (Phi) is 5.53. The van der Waals surface area contributed by atoms with Gasteiger partial charge in [0.25, 0.3) is 5.91 Å². The zero-order valence-corrected chi connectivity index (χ0v) is 16.3. The molecule has 1 atom stereocenters. The Balaban J connectivity index is 1.74. The van der Waals surface area contributed by atoms with Gasteiger partial charge in [-0.2, -0.15) is 0 Å². The Bertz CT molecular complexity index is 939. The van der Waals surface area contributed by atoms with Crippen molar-refractivity contribution in [3.63, 3.8) is 0 Å². The number of aryl methyl sites for hydroxylation is 2. The minimum atomic E-state index is -3.50. The molecule has 2 aromatic carbocycles. The van der Waals surface area contributed by atoms with Gasteiger partial charge in [0, 0.05) is 5.56 Å². The molecule has 0 fully saturated rings. The van der Waals surface area contributed by atoms with Crippen LogP contribution in [0.5, 0.6) is 0 Å². The lowest BCUT2D eigenvalue weighted by atomic mass is 10.1. The number of fused-ring (bicyclic) bond motifs is 1. The lowest BCUT2D eigenvalue weighted by Crippen LogP contribution is -2.32. The molecule has 0 aliphatic heterocycles. The van der Waals surface area contributed by atoms with Crippen LogP contribution in [0, 0.1) is 6.92 Å². The summed E-state index contributed by atoms with van der Waals surface area (Å²) in [5.74, 6) is -0.187. The third-order valence-electron chi connectivity index (χ3n) is 4.80. The third kappa shape index (κ3) is 4.31. The van der Waals surface area contributed by atoms with Crippen LogP contribution in [0.2, 0.25) is 0 Å². The van der Waals surface area contributed by atoms with Gasteiger partial charge >= 0.3 is 0 Å². The lowest BCUT2D eigenvalue weighted by Gasteiger charge is -2.21. The highest BCUT2D eigenvalue weighted by Crippen LogP contribution is 2.32. The number of aliphatic hydroxyl groups excluding tert-OH is 1. The summed E-state index contributed by atoms with van der Waals surface area (Å²) in [5, 5.41) is 12.2. The van der Waals surface area contributed by atoms with Crippen molar-refractivity contribution in [2.75, 3.05) is 23.7 Å². The fourth-order valence-corrected chi connectivity index (χ4v) is 4.41. The number of hydrogen-bond acceptors (Lipinski definition) is 4.